The summed E-state index contributed by atoms with van der Waals surface area (Å²) >= 11 is 5.61. The molecular formula is C11H14ClN3O4. The van der Waals surface area contributed by atoms with Crippen molar-refractivity contribution in [3.8, 4) is 0 Å². The van der Waals surface area contributed by atoms with Gasteiger partial charge in [0.15, 0.2) is 0 Å². The molecule has 19 heavy (non-hydrogen) atoms. The van der Waals surface area contributed by atoms with E-state index in [1.165, 1.54) is 0 Å². The number of nitrogens with one attached hydrogen (secondary N) is 1. The predicted molar refractivity (Wildman–Crippen MR) is 69.1 cm³/mol. The van der Waals surface area contributed by atoms with E-state index in [0.717, 1.165) is 18.7 Å². The van der Waals surface area contributed by atoms with E-state index in [9.17, 15) is 20.0 Å². The highest BCUT2D eigenvalue weighted by Crippen LogP contribution is 2.20. The molecule has 0 aliphatic carbocycles. The lowest BCUT2D eigenvalue weighted by molar-refractivity contribution is -0.385. The number of carbonyl (C=O) groups excluding carboxylic acids is 1. The normalized spacial score (nSPS) is 11.9. The Hall–Kier alpha value is -1.73. The van der Waals surface area contributed by atoms with Gasteiger partial charge in [-0.3, -0.25) is 14.9 Å². The fraction of sp³-hybridized carbons (Fsp3) is 0.455. The molecule has 0 fully saturated rings. The van der Waals surface area contributed by atoms with Crippen LogP contribution >= 0.6 is 11.6 Å². The van der Waals surface area contributed by atoms with Crippen molar-refractivity contribution in [2.24, 2.45) is 0 Å². The monoisotopic (exact) mass is 287 g/mol. The van der Waals surface area contributed by atoms with Crippen LogP contribution in [0.3, 0.4) is 0 Å². The molecule has 1 aromatic rings. The maximum absolute atomic E-state index is 11.8. The van der Waals surface area contributed by atoms with Crippen molar-refractivity contribution < 1.29 is 14.8 Å². The van der Waals surface area contributed by atoms with E-state index in [4.69, 9.17) is 11.6 Å². The Bertz CT molecular complexity index is 481. The van der Waals surface area contributed by atoms with E-state index in [0.29, 0.717) is 6.42 Å². The molecule has 0 bridgehead atoms. The minimum absolute atomic E-state index is 0.00939. The number of halogens is 1. The largest absolute Gasteiger partial charge is 0.391 e. The van der Waals surface area contributed by atoms with Gasteiger partial charge in [-0.15, -0.1) is 0 Å². The van der Waals surface area contributed by atoms with Crippen LogP contribution in [-0.2, 0) is 0 Å². The number of rotatable bonds is 6. The summed E-state index contributed by atoms with van der Waals surface area (Å²) in [5.74, 6) is -0.661. The van der Waals surface area contributed by atoms with Crippen molar-refractivity contribution in [3.05, 3.63) is 33.1 Å². The topological polar surface area (TPSA) is 105 Å². The number of nitro groups is 1. The molecule has 0 aromatic carbocycles. The van der Waals surface area contributed by atoms with Crippen molar-refractivity contribution in [2.75, 3.05) is 6.54 Å². The summed E-state index contributed by atoms with van der Waals surface area (Å²) in [5, 5.41) is 22.7. The van der Waals surface area contributed by atoms with E-state index in [1.807, 2.05) is 6.92 Å². The van der Waals surface area contributed by atoms with Gasteiger partial charge in [-0.05, 0) is 12.5 Å². The van der Waals surface area contributed by atoms with Crippen LogP contribution in [0.2, 0.25) is 5.15 Å². The van der Waals surface area contributed by atoms with Gasteiger partial charge in [-0.1, -0.05) is 24.9 Å². The lowest BCUT2D eigenvalue weighted by Gasteiger charge is -2.10. The zero-order valence-electron chi connectivity index (χ0n) is 10.3. The minimum Gasteiger partial charge on any atom is -0.391 e. The number of aliphatic hydroxyl groups excluding tert-OH is 1. The van der Waals surface area contributed by atoms with Gasteiger partial charge >= 0.3 is 0 Å². The molecule has 1 amide bonds. The Kier molecular flexibility index (Phi) is 5.65. The summed E-state index contributed by atoms with van der Waals surface area (Å²) in [6.45, 7) is 1.93. The fourth-order valence-electron chi connectivity index (χ4n) is 1.49. The minimum atomic E-state index is -0.708. The quantitative estimate of drug-likeness (QED) is 0.469. The molecule has 0 saturated heterocycles. The molecule has 1 unspecified atom stereocenters. The fourth-order valence-corrected chi connectivity index (χ4v) is 1.65. The maximum atomic E-state index is 11.8. The first-order chi connectivity index (χ1) is 8.95. The van der Waals surface area contributed by atoms with Gasteiger partial charge in [0.25, 0.3) is 11.6 Å². The highest BCUT2D eigenvalue weighted by atomic mass is 35.5. The van der Waals surface area contributed by atoms with Crippen LogP contribution in [0, 0.1) is 10.1 Å². The Balaban J connectivity index is 2.81. The van der Waals surface area contributed by atoms with E-state index >= 15 is 0 Å². The summed E-state index contributed by atoms with van der Waals surface area (Å²) in [6.07, 6.45) is 1.57. The molecule has 7 nitrogen and oxygen atoms in total. The molecule has 104 valence electrons. The molecule has 0 saturated carbocycles. The molecule has 0 radical (unpaired) electrons. The second-order valence-electron chi connectivity index (χ2n) is 3.93. The third kappa shape index (κ3) is 4.46. The van der Waals surface area contributed by atoms with E-state index in [2.05, 4.69) is 10.3 Å². The first-order valence-electron chi connectivity index (χ1n) is 5.72. The van der Waals surface area contributed by atoms with Crippen molar-refractivity contribution in [2.45, 2.75) is 25.9 Å². The first-order valence-corrected chi connectivity index (χ1v) is 6.09. The number of amides is 1. The average Bonchev–Trinajstić information content (AvgIpc) is 2.35. The van der Waals surface area contributed by atoms with Crippen LogP contribution in [0.1, 0.15) is 30.1 Å². The van der Waals surface area contributed by atoms with Crippen molar-refractivity contribution in [3.63, 3.8) is 0 Å². The van der Waals surface area contributed by atoms with Gasteiger partial charge in [0.2, 0.25) is 0 Å². The summed E-state index contributed by atoms with van der Waals surface area (Å²) < 4.78 is 0. The number of aromatic nitrogens is 1. The standard InChI is InChI=1S/C11H14ClN3O4/c1-2-3-7(16)5-14-11(17)8-4-10(12)13-6-9(8)15(18)19/h4,6-7,16H,2-3,5H2,1H3,(H,14,17). The highest BCUT2D eigenvalue weighted by molar-refractivity contribution is 6.29. The van der Waals surface area contributed by atoms with Gasteiger partial charge in [0, 0.05) is 6.54 Å². The second kappa shape index (κ2) is 7.01. The number of nitrogens with zero attached hydrogens (tertiary/aromatic N) is 2. The molecule has 1 aromatic heterocycles. The van der Waals surface area contributed by atoms with E-state index in [-0.39, 0.29) is 17.3 Å². The first kappa shape index (κ1) is 15.3. The summed E-state index contributed by atoms with van der Waals surface area (Å²) in [6, 6.07) is 1.13. The number of hydrogen-bond donors (Lipinski definition) is 2. The average molecular weight is 288 g/mol. The van der Waals surface area contributed by atoms with Gasteiger partial charge in [0.05, 0.1) is 11.0 Å². The summed E-state index contributed by atoms with van der Waals surface area (Å²) in [7, 11) is 0. The van der Waals surface area contributed by atoms with Crippen molar-refractivity contribution in [1.82, 2.24) is 10.3 Å². The van der Waals surface area contributed by atoms with Crippen LogP contribution in [0.5, 0.6) is 0 Å². The molecular weight excluding hydrogens is 274 g/mol. The predicted octanol–water partition coefficient (Wildman–Crippen LogP) is 1.53. The molecule has 8 heteroatoms. The molecule has 0 aliphatic rings. The van der Waals surface area contributed by atoms with Gasteiger partial charge in [0.1, 0.15) is 16.9 Å². The Labute approximate surface area is 114 Å². The van der Waals surface area contributed by atoms with Crippen LogP contribution in [0.25, 0.3) is 0 Å². The molecule has 1 heterocycles. The second-order valence-corrected chi connectivity index (χ2v) is 4.32. The van der Waals surface area contributed by atoms with Crippen LogP contribution in [0.15, 0.2) is 12.3 Å². The number of aliphatic hydroxyl groups is 1. The van der Waals surface area contributed by atoms with E-state index in [1.54, 1.807) is 0 Å². The third-order valence-electron chi connectivity index (χ3n) is 2.41. The summed E-state index contributed by atoms with van der Waals surface area (Å²) in [5.41, 5.74) is -0.597. The third-order valence-corrected chi connectivity index (χ3v) is 2.62. The molecule has 1 rings (SSSR count). The van der Waals surface area contributed by atoms with Gasteiger partial charge < -0.3 is 10.4 Å². The Morgan fingerprint density at radius 1 is 1.68 bits per heavy atom. The Morgan fingerprint density at radius 2 is 2.37 bits per heavy atom. The zero-order chi connectivity index (χ0) is 14.4. The molecule has 1 atom stereocenters. The van der Waals surface area contributed by atoms with Gasteiger partial charge in [-0.2, -0.15) is 0 Å². The Morgan fingerprint density at radius 3 is 2.95 bits per heavy atom. The lowest BCUT2D eigenvalue weighted by atomic mass is 10.2. The lowest BCUT2D eigenvalue weighted by Crippen LogP contribution is -2.32. The van der Waals surface area contributed by atoms with Crippen LogP contribution in [0.4, 0.5) is 5.69 Å². The molecule has 0 aliphatic heterocycles. The van der Waals surface area contributed by atoms with E-state index < -0.39 is 22.6 Å². The number of pyridine rings is 1. The smallest absolute Gasteiger partial charge is 0.300 e. The summed E-state index contributed by atoms with van der Waals surface area (Å²) in [4.78, 5) is 25.4. The maximum Gasteiger partial charge on any atom is 0.300 e. The SMILES string of the molecule is CCCC(O)CNC(=O)c1cc(Cl)ncc1[N+](=O)[O-]. The molecule has 0 spiro atoms. The van der Waals surface area contributed by atoms with Gasteiger partial charge in [-0.25, -0.2) is 4.98 Å². The van der Waals surface area contributed by atoms with Crippen LogP contribution in [-0.4, -0.2) is 33.6 Å². The highest BCUT2D eigenvalue weighted by Gasteiger charge is 2.21. The van der Waals surface area contributed by atoms with Crippen LogP contribution < -0.4 is 5.32 Å². The zero-order valence-corrected chi connectivity index (χ0v) is 11.1. The number of carbonyl (C=O) groups is 1. The number of hydrogen-bond acceptors (Lipinski definition) is 5. The molecule has 2 N–H and O–H groups in total. The van der Waals surface area contributed by atoms with Crippen molar-refractivity contribution in [1.29, 1.82) is 0 Å². The van der Waals surface area contributed by atoms with Crippen molar-refractivity contribution >= 4 is 23.2 Å².